The summed E-state index contributed by atoms with van der Waals surface area (Å²) in [4.78, 5) is 38.6. The van der Waals surface area contributed by atoms with Gasteiger partial charge in [-0.05, 0) is 25.0 Å². The number of carbonyl (C=O) groups excluding carboxylic acids is 1. The molecule has 0 saturated carbocycles. The molecule has 11 heteroatoms. The van der Waals surface area contributed by atoms with Gasteiger partial charge in [0.15, 0.2) is 0 Å². The van der Waals surface area contributed by atoms with E-state index in [2.05, 4.69) is 30.5 Å². The summed E-state index contributed by atoms with van der Waals surface area (Å²) in [7, 11) is 0. The summed E-state index contributed by atoms with van der Waals surface area (Å²) in [6, 6.07) is 5.10. The maximum Gasteiger partial charge on any atom is 0.303 e. The number of hydrogen-bond acceptors (Lipinski definition) is 8. The molecule has 3 heterocycles. The van der Waals surface area contributed by atoms with Crippen molar-refractivity contribution in [3.63, 3.8) is 0 Å². The summed E-state index contributed by atoms with van der Waals surface area (Å²) in [5.74, 6) is 0.143. The van der Waals surface area contributed by atoms with Crippen molar-refractivity contribution >= 4 is 47.0 Å². The monoisotopic (exact) mass is 472 g/mol. The van der Waals surface area contributed by atoms with Crippen molar-refractivity contribution in [2.45, 2.75) is 25.2 Å². The lowest BCUT2D eigenvalue weighted by atomic mass is 10.0. The number of unbranched alkanes of at least 4 members (excludes halogenated alkanes) is 1. The number of amides is 1. The topological polar surface area (TPSA) is 129 Å². The minimum Gasteiger partial charge on any atom is -0.494 e. The van der Waals surface area contributed by atoms with E-state index < -0.39 is 11.9 Å². The molecule has 2 aliphatic heterocycles. The molecule has 0 aliphatic carbocycles. The lowest BCUT2D eigenvalue weighted by molar-refractivity contribution is -0.137. The van der Waals surface area contributed by atoms with E-state index >= 15 is 0 Å². The molecular formula is C22H25ClN6O4. The van der Waals surface area contributed by atoms with E-state index in [1.54, 1.807) is 24.4 Å². The fourth-order valence-electron chi connectivity index (χ4n) is 3.77. The Kier molecular flexibility index (Phi) is 7.36. The van der Waals surface area contributed by atoms with Gasteiger partial charge in [0, 0.05) is 44.9 Å². The van der Waals surface area contributed by atoms with Gasteiger partial charge < -0.3 is 25.4 Å². The molecule has 1 aromatic heterocycles. The van der Waals surface area contributed by atoms with Crippen LogP contribution in [0.25, 0.3) is 0 Å². The van der Waals surface area contributed by atoms with Crippen LogP contribution in [0.1, 0.15) is 30.7 Å². The molecule has 1 unspecified atom stereocenters. The molecular weight excluding hydrogens is 448 g/mol. The van der Waals surface area contributed by atoms with Gasteiger partial charge in [-0.2, -0.15) is 0 Å². The summed E-state index contributed by atoms with van der Waals surface area (Å²) >= 11 is 6.31. The predicted octanol–water partition coefficient (Wildman–Crippen LogP) is 2.61. The first-order chi connectivity index (χ1) is 16.0. The van der Waals surface area contributed by atoms with Gasteiger partial charge in [0.2, 0.25) is 5.91 Å². The van der Waals surface area contributed by atoms with Crippen LogP contribution in [0.3, 0.4) is 0 Å². The molecule has 1 atom stereocenters. The van der Waals surface area contributed by atoms with E-state index in [-0.39, 0.29) is 12.3 Å². The van der Waals surface area contributed by atoms with Crippen LogP contribution < -0.4 is 20.3 Å². The Balaban J connectivity index is 1.49. The lowest BCUT2D eigenvalue weighted by Gasteiger charge is -2.29. The fraction of sp³-hybridized carbons (Fsp3) is 0.409. The third kappa shape index (κ3) is 5.58. The molecule has 4 rings (SSSR count). The summed E-state index contributed by atoms with van der Waals surface area (Å²) in [5.41, 5.74) is 1.19. The van der Waals surface area contributed by atoms with Crippen molar-refractivity contribution in [2.75, 3.05) is 43.0 Å². The van der Waals surface area contributed by atoms with Crippen molar-refractivity contribution in [2.24, 2.45) is 4.99 Å². The van der Waals surface area contributed by atoms with Crippen LogP contribution in [0.4, 0.5) is 17.3 Å². The summed E-state index contributed by atoms with van der Waals surface area (Å²) in [6.45, 7) is 3.66. The number of ether oxygens (including phenoxy) is 1. The molecule has 10 nitrogen and oxygen atoms in total. The first kappa shape index (κ1) is 22.9. The number of piperazine rings is 1. The molecule has 1 amide bonds. The highest BCUT2D eigenvalue weighted by Crippen LogP contribution is 2.37. The highest BCUT2D eigenvalue weighted by molar-refractivity contribution is 6.33. The van der Waals surface area contributed by atoms with Crippen LogP contribution in [0, 0.1) is 0 Å². The Morgan fingerprint density at radius 3 is 2.91 bits per heavy atom. The quantitative estimate of drug-likeness (QED) is 0.375. The Hall–Kier alpha value is -3.24. The van der Waals surface area contributed by atoms with Gasteiger partial charge in [-0.15, -0.1) is 0 Å². The highest BCUT2D eigenvalue weighted by Gasteiger charge is 2.35. The Morgan fingerprint density at radius 1 is 1.30 bits per heavy atom. The van der Waals surface area contributed by atoms with Crippen LogP contribution in [-0.4, -0.2) is 66.0 Å². The fourth-order valence-corrected chi connectivity index (χ4v) is 3.94. The second-order valence-corrected chi connectivity index (χ2v) is 8.16. The number of aliphatic carboxylic acids is 1. The number of aromatic nitrogens is 2. The number of nitrogens with zero attached hydrogens (tertiary/aromatic N) is 4. The van der Waals surface area contributed by atoms with Gasteiger partial charge in [-0.3, -0.25) is 14.6 Å². The molecule has 1 fully saturated rings. The van der Waals surface area contributed by atoms with Crippen molar-refractivity contribution in [3.8, 4) is 5.75 Å². The van der Waals surface area contributed by atoms with Crippen LogP contribution in [-0.2, 0) is 9.59 Å². The number of carbonyl (C=O) groups is 2. The normalized spacial score (nSPS) is 17.8. The SMILES string of the molecule is O=C(O)CCCCOc1ccc(Cl)c(N=CC2C(=O)Nc3ncnc(N4CCNCC4)c32)c1. The van der Waals surface area contributed by atoms with Crippen LogP contribution in [0.2, 0.25) is 5.02 Å². The standard InChI is InChI=1S/C22H25ClN6O4/c23-16-5-4-14(33-10-2-1-3-18(30)31)11-17(16)25-12-15-19-20(28-22(15)32)26-13-27-21(19)29-8-6-24-7-9-29/h4-5,11-13,15,24H,1-3,6-10H2,(H,30,31)(H,26,27,28,32). The summed E-state index contributed by atoms with van der Waals surface area (Å²) in [5, 5.41) is 15.3. The zero-order chi connectivity index (χ0) is 23.2. The Labute approximate surface area is 196 Å². The van der Waals surface area contributed by atoms with Crippen LogP contribution >= 0.6 is 11.6 Å². The van der Waals surface area contributed by atoms with E-state index in [0.29, 0.717) is 41.7 Å². The number of benzene rings is 1. The maximum absolute atomic E-state index is 12.7. The lowest BCUT2D eigenvalue weighted by Crippen LogP contribution is -2.44. The van der Waals surface area contributed by atoms with Gasteiger partial charge in [-0.1, -0.05) is 11.6 Å². The first-order valence-electron chi connectivity index (χ1n) is 10.8. The molecule has 33 heavy (non-hydrogen) atoms. The number of hydrogen-bond donors (Lipinski definition) is 3. The second kappa shape index (κ2) is 10.6. The molecule has 1 saturated heterocycles. The number of rotatable bonds is 9. The number of carboxylic acid groups (broad SMARTS) is 1. The van der Waals surface area contributed by atoms with Crippen molar-refractivity contribution in [1.29, 1.82) is 0 Å². The van der Waals surface area contributed by atoms with Gasteiger partial charge >= 0.3 is 5.97 Å². The van der Waals surface area contributed by atoms with E-state index in [1.807, 2.05) is 0 Å². The summed E-state index contributed by atoms with van der Waals surface area (Å²) in [6.07, 6.45) is 4.31. The third-order valence-corrected chi connectivity index (χ3v) is 5.77. The first-order valence-corrected chi connectivity index (χ1v) is 11.2. The molecule has 174 valence electrons. The minimum atomic E-state index is -0.818. The molecule has 0 bridgehead atoms. The molecule has 0 spiro atoms. The maximum atomic E-state index is 12.7. The number of carboxylic acids is 1. The number of nitrogens with one attached hydrogen (secondary N) is 2. The van der Waals surface area contributed by atoms with E-state index in [4.69, 9.17) is 21.4 Å². The van der Waals surface area contributed by atoms with Crippen molar-refractivity contribution < 1.29 is 19.4 Å². The zero-order valence-electron chi connectivity index (χ0n) is 18.0. The number of halogens is 1. The largest absolute Gasteiger partial charge is 0.494 e. The molecule has 0 radical (unpaired) electrons. The van der Waals surface area contributed by atoms with Crippen LogP contribution in [0.15, 0.2) is 29.5 Å². The minimum absolute atomic E-state index is 0.115. The zero-order valence-corrected chi connectivity index (χ0v) is 18.7. The smallest absolute Gasteiger partial charge is 0.303 e. The Bertz CT molecular complexity index is 1060. The number of aliphatic imine (C=N–C) groups is 1. The molecule has 3 N–H and O–H groups in total. The molecule has 2 aromatic rings. The van der Waals surface area contributed by atoms with Gasteiger partial charge in [0.1, 0.15) is 29.6 Å². The third-order valence-electron chi connectivity index (χ3n) is 5.45. The van der Waals surface area contributed by atoms with Crippen molar-refractivity contribution in [1.82, 2.24) is 15.3 Å². The average Bonchev–Trinajstić information content (AvgIpc) is 3.14. The van der Waals surface area contributed by atoms with Crippen molar-refractivity contribution in [3.05, 3.63) is 35.1 Å². The molecule has 1 aromatic carbocycles. The predicted molar refractivity (Wildman–Crippen MR) is 125 cm³/mol. The van der Waals surface area contributed by atoms with E-state index in [9.17, 15) is 9.59 Å². The number of anilines is 2. The number of fused-ring (bicyclic) bond motifs is 1. The Morgan fingerprint density at radius 2 is 2.12 bits per heavy atom. The highest BCUT2D eigenvalue weighted by atomic mass is 35.5. The van der Waals surface area contributed by atoms with Gasteiger partial charge in [0.05, 0.1) is 22.9 Å². The van der Waals surface area contributed by atoms with Crippen LogP contribution in [0.5, 0.6) is 5.75 Å². The summed E-state index contributed by atoms with van der Waals surface area (Å²) < 4.78 is 5.69. The van der Waals surface area contributed by atoms with E-state index in [1.165, 1.54) is 6.33 Å². The van der Waals surface area contributed by atoms with Gasteiger partial charge in [-0.25, -0.2) is 9.97 Å². The average molecular weight is 473 g/mol. The second-order valence-electron chi connectivity index (χ2n) is 7.75. The van der Waals surface area contributed by atoms with E-state index in [0.717, 1.165) is 37.6 Å². The molecule has 2 aliphatic rings. The van der Waals surface area contributed by atoms with Gasteiger partial charge in [0.25, 0.3) is 0 Å².